The quantitative estimate of drug-likeness (QED) is 0.849. The predicted molar refractivity (Wildman–Crippen MR) is 75.0 cm³/mol. The molecular weight excluding hydrogens is 246 g/mol. The molecule has 1 atom stereocenters. The van der Waals surface area contributed by atoms with Gasteiger partial charge < -0.3 is 10.1 Å². The molecule has 1 aromatic carbocycles. The van der Waals surface area contributed by atoms with Crippen LogP contribution in [0.3, 0.4) is 0 Å². The molecule has 0 aliphatic carbocycles. The van der Waals surface area contributed by atoms with E-state index >= 15 is 0 Å². The molecule has 1 aliphatic heterocycles. The van der Waals surface area contributed by atoms with Gasteiger partial charge in [-0.25, -0.2) is 4.79 Å². The lowest BCUT2D eigenvalue weighted by molar-refractivity contribution is 0.0600. The third-order valence-electron chi connectivity index (χ3n) is 3.13. The van der Waals surface area contributed by atoms with Crippen LogP contribution in [0.4, 0.5) is 0 Å². The highest BCUT2D eigenvalue weighted by Crippen LogP contribution is 2.17. The fourth-order valence-electron chi connectivity index (χ4n) is 2.04. The van der Waals surface area contributed by atoms with E-state index in [4.69, 9.17) is 0 Å². The second kappa shape index (κ2) is 6.81. The number of carbonyl (C=O) groups excluding carboxylic acids is 1. The zero-order chi connectivity index (χ0) is 12.8. The molecule has 4 heteroatoms. The van der Waals surface area contributed by atoms with E-state index in [0.717, 1.165) is 6.54 Å². The molecule has 0 saturated carbocycles. The third-order valence-corrected chi connectivity index (χ3v) is 4.35. The molecule has 1 heterocycles. The van der Waals surface area contributed by atoms with E-state index in [1.807, 2.05) is 36.0 Å². The van der Waals surface area contributed by atoms with Crippen molar-refractivity contribution < 1.29 is 9.53 Å². The van der Waals surface area contributed by atoms with E-state index in [2.05, 4.69) is 10.1 Å². The maximum atomic E-state index is 11.3. The highest BCUT2D eigenvalue weighted by Gasteiger charge is 2.12. The molecule has 0 aromatic heterocycles. The minimum atomic E-state index is -0.279. The van der Waals surface area contributed by atoms with Crippen LogP contribution in [0.2, 0.25) is 0 Å². The van der Waals surface area contributed by atoms with Crippen molar-refractivity contribution in [2.24, 2.45) is 0 Å². The first-order valence-electron chi connectivity index (χ1n) is 6.28. The van der Waals surface area contributed by atoms with Gasteiger partial charge in [-0.05, 0) is 36.3 Å². The van der Waals surface area contributed by atoms with Crippen LogP contribution in [0.1, 0.15) is 28.8 Å². The Balaban J connectivity index is 1.84. The second-order valence-electron chi connectivity index (χ2n) is 4.48. The van der Waals surface area contributed by atoms with E-state index < -0.39 is 0 Å². The van der Waals surface area contributed by atoms with E-state index in [0.29, 0.717) is 11.6 Å². The molecule has 1 aliphatic rings. The highest BCUT2D eigenvalue weighted by atomic mass is 32.2. The molecule has 1 fully saturated rings. The Morgan fingerprint density at radius 2 is 2.22 bits per heavy atom. The number of nitrogens with one attached hydrogen (secondary N) is 1. The number of carbonyl (C=O) groups is 1. The molecule has 98 valence electrons. The van der Waals surface area contributed by atoms with Crippen LogP contribution in [-0.4, -0.2) is 30.6 Å². The number of methoxy groups -OCH3 is 1. The zero-order valence-electron chi connectivity index (χ0n) is 10.6. The average Bonchev–Trinajstić information content (AvgIpc) is 2.46. The number of ether oxygens (including phenoxy) is 1. The largest absolute Gasteiger partial charge is 0.465 e. The standard InChI is InChI=1S/C14H19NO2S/c1-17-14(16)12-6-4-11(5-7-12)9-15-13-3-2-8-18-10-13/h4-7,13,15H,2-3,8-10H2,1H3/t13-/m0/s1. The average molecular weight is 265 g/mol. The van der Waals surface area contributed by atoms with Crippen LogP contribution in [0, 0.1) is 0 Å². The molecule has 1 aromatic rings. The lowest BCUT2D eigenvalue weighted by Gasteiger charge is -2.22. The molecule has 1 N–H and O–H groups in total. The van der Waals surface area contributed by atoms with Crippen molar-refractivity contribution in [3.8, 4) is 0 Å². The Bertz CT molecular complexity index is 385. The lowest BCUT2D eigenvalue weighted by atomic mass is 10.1. The van der Waals surface area contributed by atoms with Gasteiger partial charge in [0.05, 0.1) is 12.7 Å². The molecule has 0 unspecified atom stereocenters. The van der Waals surface area contributed by atoms with Crippen LogP contribution in [0.25, 0.3) is 0 Å². The number of benzene rings is 1. The predicted octanol–water partition coefficient (Wildman–Crippen LogP) is 2.46. The summed E-state index contributed by atoms with van der Waals surface area (Å²) in [5.74, 6) is 2.23. The van der Waals surface area contributed by atoms with Crippen molar-refractivity contribution in [1.29, 1.82) is 0 Å². The van der Waals surface area contributed by atoms with Crippen molar-refractivity contribution >= 4 is 17.7 Å². The molecule has 0 amide bonds. The van der Waals surface area contributed by atoms with Crippen LogP contribution < -0.4 is 5.32 Å². The Kier molecular flexibility index (Phi) is 5.08. The van der Waals surface area contributed by atoms with Gasteiger partial charge in [-0.2, -0.15) is 11.8 Å². The SMILES string of the molecule is COC(=O)c1ccc(CN[C@H]2CCCSC2)cc1. The Hall–Kier alpha value is -1.00. The molecular formula is C14H19NO2S. The van der Waals surface area contributed by atoms with Gasteiger partial charge in [0.15, 0.2) is 0 Å². The fraction of sp³-hybridized carbons (Fsp3) is 0.500. The van der Waals surface area contributed by atoms with E-state index in [9.17, 15) is 4.79 Å². The van der Waals surface area contributed by atoms with Gasteiger partial charge in [-0.15, -0.1) is 0 Å². The highest BCUT2D eigenvalue weighted by molar-refractivity contribution is 7.99. The van der Waals surface area contributed by atoms with Gasteiger partial charge in [0.25, 0.3) is 0 Å². The Morgan fingerprint density at radius 3 is 2.83 bits per heavy atom. The first-order valence-corrected chi connectivity index (χ1v) is 7.43. The molecule has 0 bridgehead atoms. The maximum absolute atomic E-state index is 11.3. The second-order valence-corrected chi connectivity index (χ2v) is 5.63. The van der Waals surface area contributed by atoms with Crippen molar-refractivity contribution in [1.82, 2.24) is 5.32 Å². The molecule has 2 rings (SSSR count). The monoisotopic (exact) mass is 265 g/mol. The minimum Gasteiger partial charge on any atom is -0.465 e. The number of hydrogen-bond acceptors (Lipinski definition) is 4. The van der Waals surface area contributed by atoms with Crippen molar-refractivity contribution in [2.45, 2.75) is 25.4 Å². The van der Waals surface area contributed by atoms with Crippen LogP contribution in [-0.2, 0) is 11.3 Å². The zero-order valence-corrected chi connectivity index (χ0v) is 11.5. The van der Waals surface area contributed by atoms with E-state index in [1.165, 1.54) is 37.0 Å². The Labute approximate surface area is 112 Å². The summed E-state index contributed by atoms with van der Waals surface area (Å²) in [5, 5.41) is 3.56. The maximum Gasteiger partial charge on any atom is 0.337 e. The fourth-order valence-corrected chi connectivity index (χ4v) is 3.15. The Morgan fingerprint density at radius 1 is 1.44 bits per heavy atom. The van der Waals surface area contributed by atoms with Gasteiger partial charge in [0.2, 0.25) is 0 Å². The molecule has 0 radical (unpaired) electrons. The number of thioether (sulfide) groups is 1. The summed E-state index contributed by atoms with van der Waals surface area (Å²) in [6.45, 7) is 0.868. The van der Waals surface area contributed by atoms with Crippen molar-refractivity contribution in [3.05, 3.63) is 35.4 Å². The van der Waals surface area contributed by atoms with Gasteiger partial charge >= 0.3 is 5.97 Å². The van der Waals surface area contributed by atoms with E-state index in [1.54, 1.807) is 0 Å². The van der Waals surface area contributed by atoms with Gasteiger partial charge in [0, 0.05) is 18.3 Å². The van der Waals surface area contributed by atoms with Crippen molar-refractivity contribution in [2.75, 3.05) is 18.6 Å². The summed E-state index contributed by atoms with van der Waals surface area (Å²) in [7, 11) is 1.40. The molecule has 1 saturated heterocycles. The number of hydrogen-bond donors (Lipinski definition) is 1. The molecule has 18 heavy (non-hydrogen) atoms. The number of rotatable bonds is 4. The van der Waals surface area contributed by atoms with Gasteiger partial charge in [-0.3, -0.25) is 0 Å². The summed E-state index contributed by atoms with van der Waals surface area (Å²) in [4.78, 5) is 11.3. The van der Waals surface area contributed by atoms with E-state index in [-0.39, 0.29) is 5.97 Å². The molecule has 3 nitrogen and oxygen atoms in total. The topological polar surface area (TPSA) is 38.3 Å². The van der Waals surface area contributed by atoms with Gasteiger partial charge in [-0.1, -0.05) is 12.1 Å². The summed E-state index contributed by atoms with van der Waals surface area (Å²) >= 11 is 2.02. The minimum absolute atomic E-state index is 0.279. The number of esters is 1. The summed E-state index contributed by atoms with van der Waals surface area (Å²) in [5.41, 5.74) is 1.81. The lowest BCUT2D eigenvalue weighted by Crippen LogP contribution is -2.33. The van der Waals surface area contributed by atoms with Crippen LogP contribution in [0.5, 0.6) is 0 Å². The van der Waals surface area contributed by atoms with Crippen LogP contribution in [0.15, 0.2) is 24.3 Å². The third kappa shape index (κ3) is 3.75. The molecule has 0 spiro atoms. The first kappa shape index (κ1) is 13.4. The first-order chi connectivity index (χ1) is 8.79. The van der Waals surface area contributed by atoms with Gasteiger partial charge in [0.1, 0.15) is 0 Å². The smallest absolute Gasteiger partial charge is 0.337 e. The normalized spacial score (nSPS) is 19.5. The van der Waals surface area contributed by atoms with Crippen molar-refractivity contribution in [3.63, 3.8) is 0 Å². The summed E-state index contributed by atoms with van der Waals surface area (Å²) in [6.07, 6.45) is 2.58. The summed E-state index contributed by atoms with van der Waals surface area (Å²) < 4.78 is 4.67. The summed E-state index contributed by atoms with van der Waals surface area (Å²) in [6, 6.07) is 8.23. The van der Waals surface area contributed by atoms with Crippen LogP contribution >= 0.6 is 11.8 Å².